The molecule has 2 unspecified atom stereocenters. The largest absolute Gasteiger partial charge is 0.465 e. The number of unbranched alkanes of at least 4 members (excludes halogenated alkanes) is 1. The first-order valence-corrected chi connectivity index (χ1v) is 17.2. The molecule has 2 N–H and O–H groups in total. The standard InChI is InChI=1S/C40H52O6/c1-4-7-30-10-12-31(13-11-30)8-5-6-9-32-14-15-37-23-36(21-20-35(37)22-32)33-16-18-34(19-17-33)38(26-45-39(43)28(2)24-41)27-46-40(44)29(3)25-42/h14-23,29-31,38,41-42H,2,4-13,24-27H2,1,3H3. The van der Waals surface area contributed by atoms with Crippen LogP contribution in [-0.2, 0) is 25.5 Å². The maximum absolute atomic E-state index is 12.2. The van der Waals surface area contributed by atoms with Crippen molar-refractivity contribution in [3.05, 3.63) is 83.9 Å². The van der Waals surface area contributed by atoms with Crippen LogP contribution in [0.3, 0.4) is 0 Å². The normalized spacial score (nSPS) is 17.7. The van der Waals surface area contributed by atoms with E-state index in [4.69, 9.17) is 9.47 Å². The quantitative estimate of drug-likeness (QED) is 0.0890. The lowest BCUT2D eigenvalue weighted by Gasteiger charge is -2.28. The van der Waals surface area contributed by atoms with Crippen LogP contribution in [0.15, 0.2) is 72.8 Å². The predicted octanol–water partition coefficient (Wildman–Crippen LogP) is 8.17. The number of benzene rings is 3. The molecule has 1 aliphatic carbocycles. The van der Waals surface area contributed by atoms with Gasteiger partial charge >= 0.3 is 11.9 Å². The third kappa shape index (κ3) is 10.3. The van der Waals surface area contributed by atoms with Crippen molar-refractivity contribution in [2.75, 3.05) is 26.4 Å². The summed E-state index contributed by atoms with van der Waals surface area (Å²) in [5.41, 5.74) is 4.35. The van der Waals surface area contributed by atoms with Crippen molar-refractivity contribution >= 4 is 22.7 Å². The minimum Gasteiger partial charge on any atom is -0.465 e. The van der Waals surface area contributed by atoms with Crippen LogP contribution in [-0.4, -0.2) is 48.6 Å². The average molecular weight is 629 g/mol. The molecule has 0 aromatic heterocycles. The Hall–Kier alpha value is -3.48. The van der Waals surface area contributed by atoms with Crippen LogP contribution in [0, 0.1) is 17.8 Å². The van der Waals surface area contributed by atoms with E-state index in [2.05, 4.69) is 49.9 Å². The van der Waals surface area contributed by atoms with Crippen LogP contribution < -0.4 is 0 Å². The van der Waals surface area contributed by atoms with Gasteiger partial charge < -0.3 is 19.7 Å². The highest BCUT2D eigenvalue weighted by atomic mass is 16.5. The van der Waals surface area contributed by atoms with Crippen LogP contribution in [0.4, 0.5) is 0 Å². The Morgan fingerprint density at radius 3 is 2.13 bits per heavy atom. The van der Waals surface area contributed by atoms with E-state index in [0.29, 0.717) is 0 Å². The highest BCUT2D eigenvalue weighted by Crippen LogP contribution is 2.34. The maximum Gasteiger partial charge on any atom is 0.335 e. The van der Waals surface area contributed by atoms with Crippen molar-refractivity contribution in [2.45, 2.75) is 84.0 Å². The van der Waals surface area contributed by atoms with E-state index < -0.39 is 30.4 Å². The fourth-order valence-electron chi connectivity index (χ4n) is 6.54. The number of rotatable bonds is 17. The highest BCUT2D eigenvalue weighted by Gasteiger charge is 2.21. The van der Waals surface area contributed by atoms with Crippen LogP contribution in [0.2, 0.25) is 0 Å². The molecule has 1 aliphatic rings. The Morgan fingerprint density at radius 2 is 1.46 bits per heavy atom. The van der Waals surface area contributed by atoms with E-state index in [9.17, 15) is 19.8 Å². The second-order valence-corrected chi connectivity index (χ2v) is 13.2. The number of hydrogen-bond donors (Lipinski definition) is 2. The zero-order valence-electron chi connectivity index (χ0n) is 27.7. The molecule has 46 heavy (non-hydrogen) atoms. The van der Waals surface area contributed by atoms with Crippen molar-refractivity contribution in [1.29, 1.82) is 0 Å². The predicted molar refractivity (Wildman–Crippen MR) is 184 cm³/mol. The number of ether oxygens (including phenoxy) is 2. The first-order valence-electron chi connectivity index (χ1n) is 17.2. The lowest BCUT2D eigenvalue weighted by Crippen LogP contribution is -2.24. The molecule has 6 nitrogen and oxygen atoms in total. The van der Waals surface area contributed by atoms with E-state index in [-0.39, 0.29) is 25.4 Å². The van der Waals surface area contributed by atoms with Crippen molar-refractivity contribution in [1.82, 2.24) is 0 Å². The zero-order valence-corrected chi connectivity index (χ0v) is 27.7. The Balaban J connectivity index is 1.34. The second-order valence-electron chi connectivity index (χ2n) is 13.2. The molecule has 0 heterocycles. The average Bonchev–Trinajstić information content (AvgIpc) is 3.09. The van der Waals surface area contributed by atoms with Gasteiger partial charge in [0, 0.05) is 0 Å². The second kappa shape index (κ2) is 18.0. The lowest BCUT2D eigenvalue weighted by atomic mass is 9.78. The first-order chi connectivity index (χ1) is 22.3. The van der Waals surface area contributed by atoms with Gasteiger partial charge in [-0.15, -0.1) is 0 Å². The summed E-state index contributed by atoms with van der Waals surface area (Å²) in [5, 5.41) is 20.9. The number of carbonyl (C=O) groups is 2. The van der Waals surface area contributed by atoms with Crippen LogP contribution in [0.5, 0.6) is 0 Å². The number of aryl methyl sites for hydroxylation is 1. The molecule has 3 aromatic rings. The van der Waals surface area contributed by atoms with Crippen molar-refractivity contribution in [3.8, 4) is 11.1 Å². The molecule has 0 spiro atoms. The van der Waals surface area contributed by atoms with Gasteiger partial charge in [-0.2, -0.15) is 0 Å². The Kier molecular flexibility index (Phi) is 13.9. The molecule has 1 saturated carbocycles. The summed E-state index contributed by atoms with van der Waals surface area (Å²) in [7, 11) is 0. The van der Waals surface area contributed by atoms with Gasteiger partial charge in [0.15, 0.2) is 0 Å². The van der Waals surface area contributed by atoms with Crippen molar-refractivity contribution < 1.29 is 29.3 Å². The minimum atomic E-state index is -0.696. The molecular weight excluding hydrogens is 576 g/mol. The van der Waals surface area contributed by atoms with Gasteiger partial charge in [-0.05, 0) is 70.7 Å². The SMILES string of the molecule is C=C(CO)C(=O)OCC(COC(=O)C(C)CO)c1ccc(-c2ccc3cc(CCCCC4CCC(CCC)CC4)ccc3c2)cc1. The molecular formula is C40H52O6. The topological polar surface area (TPSA) is 93.1 Å². The van der Waals surface area contributed by atoms with Gasteiger partial charge in [-0.1, -0.05) is 119 Å². The molecule has 0 saturated heterocycles. The summed E-state index contributed by atoms with van der Waals surface area (Å²) in [6.07, 6.45) is 13.6. The molecule has 6 heteroatoms. The Labute approximate surface area is 274 Å². The van der Waals surface area contributed by atoms with Crippen LogP contribution >= 0.6 is 0 Å². The highest BCUT2D eigenvalue weighted by molar-refractivity contribution is 5.88. The van der Waals surface area contributed by atoms with Crippen molar-refractivity contribution in [2.24, 2.45) is 17.8 Å². The van der Waals surface area contributed by atoms with E-state index >= 15 is 0 Å². The summed E-state index contributed by atoms with van der Waals surface area (Å²) in [4.78, 5) is 24.3. The number of hydrogen-bond acceptors (Lipinski definition) is 6. The molecule has 0 bridgehead atoms. The smallest absolute Gasteiger partial charge is 0.335 e. The Morgan fingerprint density at radius 1 is 0.826 bits per heavy atom. The van der Waals surface area contributed by atoms with Gasteiger partial charge in [-0.25, -0.2) is 4.79 Å². The molecule has 0 radical (unpaired) electrons. The van der Waals surface area contributed by atoms with Crippen molar-refractivity contribution in [3.63, 3.8) is 0 Å². The number of aliphatic hydroxyl groups is 2. The van der Waals surface area contributed by atoms with Gasteiger partial charge in [0.05, 0.1) is 30.6 Å². The maximum atomic E-state index is 12.2. The third-order valence-corrected chi connectivity index (χ3v) is 9.61. The molecule has 248 valence electrons. The number of esters is 2. The molecule has 2 atom stereocenters. The molecule has 4 rings (SSSR count). The summed E-state index contributed by atoms with van der Waals surface area (Å²) in [5.74, 6) is -0.354. The summed E-state index contributed by atoms with van der Waals surface area (Å²) < 4.78 is 10.7. The van der Waals surface area contributed by atoms with E-state index in [1.807, 2.05) is 24.3 Å². The Bertz CT molecular complexity index is 1420. The van der Waals surface area contributed by atoms with Gasteiger partial charge in [0.1, 0.15) is 13.2 Å². The summed E-state index contributed by atoms with van der Waals surface area (Å²) >= 11 is 0. The fraction of sp³-hybridized carbons (Fsp3) is 0.500. The fourth-order valence-corrected chi connectivity index (χ4v) is 6.54. The number of fused-ring (bicyclic) bond motifs is 1. The van der Waals surface area contributed by atoms with Crippen LogP contribution in [0.25, 0.3) is 21.9 Å². The summed E-state index contributed by atoms with van der Waals surface area (Å²) in [6, 6.07) is 21.3. The third-order valence-electron chi connectivity index (χ3n) is 9.61. The number of aliphatic hydroxyl groups excluding tert-OH is 2. The van der Waals surface area contributed by atoms with Crippen LogP contribution in [0.1, 0.15) is 88.7 Å². The monoisotopic (exact) mass is 628 g/mol. The van der Waals surface area contributed by atoms with E-state index in [0.717, 1.165) is 34.9 Å². The van der Waals surface area contributed by atoms with E-state index in [1.165, 1.54) is 74.1 Å². The van der Waals surface area contributed by atoms with Gasteiger partial charge in [0.25, 0.3) is 0 Å². The van der Waals surface area contributed by atoms with Gasteiger partial charge in [0.2, 0.25) is 0 Å². The molecule has 0 amide bonds. The first kappa shape index (κ1) is 35.4. The lowest BCUT2D eigenvalue weighted by molar-refractivity contribution is -0.150. The molecule has 3 aromatic carbocycles. The zero-order chi connectivity index (χ0) is 32.9. The van der Waals surface area contributed by atoms with Gasteiger partial charge in [-0.3, -0.25) is 4.79 Å². The molecule has 1 fully saturated rings. The molecule has 0 aliphatic heterocycles. The summed E-state index contributed by atoms with van der Waals surface area (Å²) in [6.45, 7) is 6.54. The minimum absolute atomic E-state index is 0.0141. The van der Waals surface area contributed by atoms with E-state index in [1.54, 1.807) is 6.92 Å². The number of carbonyl (C=O) groups excluding carboxylic acids is 2.